The van der Waals surface area contributed by atoms with E-state index >= 15 is 0 Å². The van der Waals surface area contributed by atoms with Gasteiger partial charge in [-0.25, -0.2) is 0 Å². The highest BCUT2D eigenvalue weighted by Crippen LogP contribution is 2.35. The molecule has 1 N–H and O–H groups in total. The number of rotatable bonds is 2. The first-order valence-electron chi connectivity index (χ1n) is 6.23. The van der Waals surface area contributed by atoms with Crippen molar-refractivity contribution in [3.05, 3.63) is 51.6 Å². The number of nitrogens with zero attached hydrogens (tertiary/aromatic N) is 2. The molecule has 1 aliphatic heterocycles. The summed E-state index contributed by atoms with van der Waals surface area (Å²) in [5.74, 6) is 1.29. The number of halogens is 1. The number of anilines is 1. The van der Waals surface area contributed by atoms with Crippen molar-refractivity contribution in [1.82, 2.24) is 10.1 Å². The van der Waals surface area contributed by atoms with E-state index in [9.17, 15) is 0 Å². The van der Waals surface area contributed by atoms with E-state index in [0.717, 1.165) is 20.8 Å². The molecule has 6 heteroatoms. The quantitative estimate of drug-likeness (QED) is 0.751. The zero-order chi connectivity index (χ0) is 13.5. The Morgan fingerprint density at radius 3 is 2.95 bits per heavy atom. The Balaban J connectivity index is 1.61. The molecule has 0 bridgehead atoms. The molecule has 1 atom stereocenters. The molecule has 1 aliphatic rings. The molecule has 0 spiro atoms. The molecule has 0 saturated carbocycles. The average Bonchev–Trinajstić information content (AvgIpc) is 3.16. The summed E-state index contributed by atoms with van der Waals surface area (Å²) in [6.45, 7) is 0. The van der Waals surface area contributed by atoms with Crippen LogP contribution in [-0.2, 0) is 6.42 Å². The van der Waals surface area contributed by atoms with E-state index in [1.807, 2.05) is 24.3 Å². The van der Waals surface area contributed by atoms with Crippen molar-refractivity contribution in [2.24, 2.45) is 0 Å². The number of nitrogens with one attached hydrogen (secondary N) is 1. The van der Waals surface area contributed by atoms with Gasteiger partial charge in [0, 0.05) is 12.1 Å². The van der Waals surface area contributed by atoms with E-state index in [2.05, 4.69) is 43.5 Å². The van der Waals surface area contributed by atoms with Crippen LogP contribution in [0.3, 0.4) is 0 Å². The summed E-state index contributed by atoms with van der Waals surface area (Å²) in [4.78, 5) is 5.51. The second kappa shape index (κ2) is 4.71. The minimum atomic E-state index is 0.0667. The second-order valence-electron chi connectivity index (χ2n) is 4.62. The van der Waals surface area contributed by atoms with Crippen LogP contribution in [0.4, 0.5) is 5.69 Å². The first-order valence-corrected chi connectivity index (χ1v) is 7.84. The molecule has 1 aromatic carbocycles. The van der Waals surface area contributed by atoms with Crippen LogP contribution in [0, 0.1) is 0 Å². The van der Waals surface area contributed by atoms with Crippen LogP contribution in [0.5, 0.6) is 0 Å². The third-order valence-electron chi connectivity index (χ3n) is 3.30. The van der Waals surface area contributed by atoms with Gasteiger partial charge >= 0.3 is 0 Å². The first kappa shape index (κ1) is 12.1. The lowest BCUT2D eigenvalue weighted by atomic mass is 10.1. The summed E-state index contributed by atoms with van der Waals surface area (Å²) in [5, 5.41) is 7.49. The van der Waals surface area contributed by atoms with Crippen molar-refractivity contribution in [1.29, 1.82) is 0 Å². The van der Waals surface area contributed by atoms with Gasteiger partial charge in [-0.2, -0.15) is 4.98 Å². The Morgan fingerprint density at radius 1 is 1.25 bits per heavy atom. The minimum absolute atomic E-state index is 0.0667. The lowest BCUT2D eigenvalue weighted by Crippen LogP contribution is -2.05. The predicted octanol–water partition coefficient (Wildman–Crippen LogP) is 4.27. The van der Waals surface area contributed by atoms with Crippen LogP contribution < -0.4 is 5.32 Å². The Hall–Kier alpha value is -1.66. The fourth-order valence-electron chi connectivity index (χ4n) is 2.36. The lowest BCUT2D eigenvalue weighted by molar-refractivity contribution is 0.364. The third kappa shape index (κ3) is 2.05. The highest BCUT2D eigenvalue weighted by atomic mass is 79.9. The van der Waals surface area contributed by atoms with E-state index in [4.69, 9.17) is 4.52 Å². The largest absolute Gasteiger partial charge is 0.373 e. The number of thiophene rings is 1. The molecule has 0 fully saturated rings. The summed E-state index contributed by atoms with van der Waals surface area (Å²) in [6.07, 6.45) is 0.881. The van der Waals surface area contributed by atoms with Crippen LogP contribution in [-0.4, -0.2) is 10.1 Å². The molecule has 3 aromatic rings. The van der Waals surface area contributed by atoms with Gasteiger partial charge in [-0.05, 0) is 39.7 Å². The summed E-state index contributed by atoms with van der Waals surface area (Å²) < 4.78 is 6.47. The molecule has 0 aliphatic carbocycles. The molecule has 100 valence electrons. The maximum atomic E-state index is 5.41. The molecule has 2 aromatic heterocycles. The average molecular weight is 348 g/mol. The van der Waals surface area contributed by atoms with Gasteiger partial charge in [-0.3, -0.25) is 0 Å². The van der Waals surface area contributed by atoms with Crippen molar-refractivity contribution in [2.45, 2.75) is 12.5 Å². The molecular weight excluding hydrogens is 338 g/mol. The topological polar surface area (TPSA) is 51.0 Å². The molecule has 20 heavy (non-hydrogen) atoms. The maximum Gasteiger partial charge on any atom is 0.249 e. The number of aromatic nitrogens is 2. The molecular formula is C14H10BrN3OS. The number of hydrogen-bond acceptors (Lipinski definition) is 5. The van der Waals surface area contributed by atoms with E-state index in [1.54, 1.807) is 11.3 Å². The fourth-order valence-corrected chi connectivity index (χ4v) is 3.67. The number of benzene rings is 1. The van der Waals surface area contributed by atoms with Crippen molar-refractivity contribution in [3.63, 3.8) is 0 Å². The van der Waals surface area contributed by atoms with Gasteiger partial charge in [0.15, 0.2) is 0 Å². The SMILES string of the molecule is Brc1ccc(-c2noc([C@@H]3Cc4ccccc4N3)n2)s1. The van der Waals surface area contributed by atoms with Crippen molar-refractivity contribution >= 4 is 33.0 Å². The maximum absolute atomic E-state index is 5.41. The smallest absolute Gasteiger partial charge is 0.249 e. The first-order chi connectivity index (χ1) is 9.79. The zero-order valence-corrected chi connectivity index (χ0v) is 12.7. The van der Waals surface area contributed by atoms with E-state index in [-0.39, 0.29) is 6.04 Å². The molecule has 0 unspecified atom stereocenters. The third-order valence-corrected chi connectivity index (χ3v) is 4.92. The highest BCUT2D eigenvalue weighted by molar-refractivity contribution is 9.11. The minimum Gasteiger partial charge on any atom is -0.373 e. The molecule has 0 amide bonds. The molecule has 4 nitrogen and oxygen atoms in total. The van der Waals surface area contributed by atoms with Gasteiger partial charge in [0.2, 0.25) is 11.7 Å². The predicted molar refractivity (Wildman–Crippen MR) is 81.8 cm³/mol. The van der Waals surface area contributed by atoms with Gasteiger partial charge in [0.05, 0.1) is 8.66 Å². The van der Waals surface area contributed by atoms with Gasteiger partial charge in [0.1, 0.15) is 6.04 Å². The second-order valence-corrected chi connectivity index (χ2v) is 7.08. The normalized spacial score (nSPS) is 16.9. The van der Waals surface area contributed by atoms with Crippen molar-refractivity contribution < 1.29 is 4.52 Å². The Kier molecular flexibility index (Phi) is 2.85. The molecule has 0 radical (unpaired) electrons. The summed E-state index contributed by atoms with van der Waals surface area (Å²) in [5.41, 5.74) is 2.44. The van der Waals surface area contributed by atoms with Crippen LogP contribution in [0.15, 0.2) is 44.7 Å². The number of hydrogen-bond donors (Lipinski definition) is 1. The van der Waals surface area contributed by atoms with Crippen molar-refractivity contribution in [2.75, 3.05) is 5.32 Å². The van der Waals surface area contributed by atoms with Gasteiger partial charge in [0.25, 0.3) is 0 Å². The van der Waals surface area contributed by atoms with Gasteiger partial charge in [-0.1, -0.05) is 23.4 Å². The van der Waals surface area contributed by atoms with Gasteiger partial charge in [-0.15, -0.1) is 11.3 Å². The van der Waals surface area contributed by atoms with E-state index in [1.165, 1.54) is 5.56 Å². The van der Waals surface area contributed by atoms with Crippen LogP contribution in [0.25, 0.3) is 10.7 Å². The highest BCUT2D eigenvalue weighted by Gasteiger charge is 2.26. The molecule has 4 rings (SSSR count). The summed E-state index contributed by atoms with van der Waals surface area (Å²) >= 11 is 5.04. The molecule has 3 heterocycles. The van der Waals surface area contributed by atoms with Gasteiger partial charge < -0.3 is 9.84 Å². The zero-order valence-electron chi connectivity index (χ0n) is 10.3. The van der Waals surface area contributed by atoms with E-state index in [0.29, 0.717) is 11.7 Å². The van der Waals surface area contributed by atoms with Crippen molar-refractivity contribution in [3.8, 4) is 10.7 Å². The monoisotopic (exact) mass is 347 g/mol. The Bertz CT molecular complexity index is 742. The van der Waals surface area contributed by atoms with Crippen LogP contribution >= 0.6 is 27.3 Å². The summed E-state index contributed by atoms with van der Waals surface area (Å²) in [6, 6.07) is 12.3. The lowest BCUT2D eigenvalue weighted by Gasteiger charge is -2.04. The van der Waals surface area contributed by atoms with Crippen LogP contribution in [0.2, 0.25) is 0 Å². The summed E-state index contributed by atoms with van der Waals surface area (Å²) in [7, 11) is 0. The van der Waals surface area contributed by atoms with Crippen LogP contribution in [0.1, 0.15) is 17.5 Å². The number of para-hydroxylation sites is 1. The standard InChI is InChI=1S/C14H10BrN3OS/c15-12-6-5-11(20-12)13-17-14(19-18-13)10-7-8-3-1-2-4-9(8)16-10/h1-6,10,16H,7H2/t10-/m0/s1. The fraction of sp³-hybridized carbons (Fsp3) is 0.143. The Labute approximate surface area is 128 Å². The van der Waals surface area contributed by atoms with E-state index < -0.39 is 0 Å². The molecule has 0 saturated heterocycles. The number of fused-ring (bicyclic) bond motifs is 1. The Morgan fingerprint density at radius 2 is 2.15 bits per heavy atom.